The highest BCUT2D eigenvalue weighted by molar-refractivity contribution is 9.10. The van der Waals surface area contributed by atoms with Gasteiger partial charge in [0, 0.05) is 21.8 Å². The molecule has 3 atom stereocenters. The van der Waals surface area contributed by atoms with E-state index in [1.54, 1.807) is 11.3 Å². The van der Waals surface area contributed by atoms with Crippen LogP contribution in [-0.4, -0.2) is 6.04 Å². The summed E-state index contributed by atoms with van der Waals surface area (Å²) in [4.78, 5) is 0. The lowest BCUT2D eigenvalue weighted by atomic mass is 9.75. The van der Waals surface area contributed by atoms with Gasteiger partial charge in [-0.1, -0.05) is 13.3 Å². The van der Waals surface area contributed by atoms with Crippen molar-refractivity contribution in [2.24, 2.45) is 11.7 Å². The molecule has 2 N–H and O–H groups in total. The van der Waals surface area contributed by atoms with E-state index in [4.69, 9.17) is 5.73 Å². The molecule has 1 aromatic rings. The van der Waals surface area contributed by atoms with Crippen molar-refractivity contribution < 1.29 is 0 Å². The third-order valence-electron chi connectivity index (χ3n) is 3.63. The highest BCUT2D eigenvalue weighted by Gasteiger charge is 2.29. The van der Waals surface area contributed by atoms with Gasteiger partial charge in [-0.3, -0.25) is 0 Å². The molecule has 0 bridgehead atoms. The third-order valence-corrected chi connectivity index (χ3v) is 5.38. The Bertz CT molecular complexity index is 323. The fourth-order valence-corrected chi connectivity index (χ4v) is 4.22. The maximum Gasteiger partial charge on any atom is 0.0317 e. The van der Waals surface area contributed by atoms with Gasteiger partial charge in [-0.15, -0.1) is 0 Å². The molecule has 0 spiro atoms. The van der Waals surface area contributed by atoms with Crippen molar-refractivity contribution in [2.45, 2.75) is 44.6 Å². The Morgan fingerprint density at radius 2 is 2.27 bits per heavy atom. The second kappa shape index (κ2) is 4.98. The topological polar surface area (TPSA) is 26.0 Å². The molecule has 0 radical (unpaired) electrons. The first kappa shape index (κ1) is 11.6. The fourth-order valence-electron chi connectivity index (χ4n) is 2.57. The molecule has 1 aliphatic carbocycles. The van der Waals surface area contributed by atoms with Crippen molar-refractivity contribution in [3.63, 3.8) is 0 Å². The van der Waals surface area contributed by atoms with E-state index in [9.17, 15) is 0 Å². The van der Waals surface area contributed by atoms with Crippen molar-refractivity contribution in [1.29, 1.82) is 0 Å². The molecule has 15 heavy (non-hydrogen) atoms. The first-order valence-electron chi connectivity index (χ1n) is 5.69. The molecule has 2 rings (SSSR count). The van der Waals surface area contributed by atoms with Crippen molar-refractivity contribution in [3.8, 4) is 0 Å². The monoisotopic (exact) mass is 287 g/mol. The summed E-state index contributed by atoms with van der Waals surface area (Å²) in [7, 11) is 0. The van der Waals surface area contributed by atoms with Crippen molar-refractivity contribution in [3.05, 3.63) is 20.8 Å². The predicted octanol–water partition coefficient (Wildman–Crippen LogP) is 4.13. The van der Waals surface area contributed by atoms with Gasteiger partial charge in [-0.2, -0.15) is 11.3 Å². The minimum atomic E-state index is 0.360. The fraction of sp³-hybridized carbons (Fsp3) is 0.667. The van der Waals surface area contributed by atoms with Crippen molar-refractivity contribution in [1.82, 2.24) is 0 Å². The van der Waals surface area contributed by atoms with Crippen LogP contribution in [0.25, 0.3) is 0 Å². The number of hydrogen-bond donors (Lipinski definition) is 1. The van der Waals surface area contributed by atoms with Crippen LogP contribution in [0.5, 0.6) is 0 Å². The number of halogens is 1. The van der Waals surface area contributed by atoms with Crippen LogP contribution in [0.2, 0.25) is 0 Å². The highest BCUT2D eigenvalue weighted by Crippen LogP contribution is 2.40. The summed E-state index contributed by atoms with van der Waals surface area (Å²) in [6.45, 7) is 2.29. The summed E-state index contributed by atoms with van der Waals surface area (Å²) in [6, 6.07) is 0.360. The van der Waals surface area contributed by atoms with Gasteiger partial charge in [0.15, 0.2) is 0 Å². The Hall–Kier alpha value is 0.140. The highest BCUT2D eigenvalue weighted by atomic mass is 79.9. The first-order valence-corrected chi connectivity index (χ1v) is 7.43. The molecular weight excluding hydrogens is 270 g/mol. The largest absolute Gasteiger partial charge is 0.327 e. The van der Waals surface area contributed by atoms with Crippen LogP contribution < -0.4 is 5.73 Å². The van der Waals surface area contributed by atoms with Gasteiger partial charge >= 0.3 is 0 Å². The summed E-state index contributed by atoms with van der Waals surface area (Å²) in [6.07, 6.45) is 5.07. The maximum absolute atomic E-state index is 6.24. The molecule has 84 valence electrons. The van der Waals surface area contributed by atoms with E-state index < -0.39 is 0 Å². The minimum absolute atomic E-state index is 0.360. The van der Waals surface area contributed by atoms with Gasteiger partial charge in [0.05, 0.1) is 0 Å². The molecule has 1 heterocycles. The summed E-state index contributed by atoms with van der Waals surface area (Å²) in [5, 5.41) is 4.42. The molecule has 0 aliphatic heterocycles. The molecule has 0 saturated heterocycles. The average Bonchev–Trinajstić information content (AvgIpc) is 2.65. The van der Waals surface area contributed by atoms with E-state index in [2.05, 4.69) is 33.6 Å². The van der Waals surface area contributed by atoms with Crippen LogP contribution in [0.3, 0.4) is 0 Å². The third kappa shape index (κ3) is 2.45. The standard InChI is InChI=1S/C12H18BrNS/c1-2-8-3-4-12(14)9(5-8)10-6-15-7-11(10)13/h6-9,12H,2-5,14H2,1H3. The molecule has 1 aromatic heterocycles. The van der Waals surface area contributed by atoms with Crippen LogP contribution in [-0.2, 0) is 0 Å². The minimum Gasteiger partial charge on any atom is -0.327 e. The van der Waals surface area contributed by atoms with Gasteiger partial charge in [-0.05, 0) is 52.1 Å². The van der Waals surface area contributed by atoms with Crippen LogP contribution in [0.1, 0.15) is 44.1 Å². The van der Waals surface area contributed by atoms with E-state index in [0.717, 1.165) is 5.92 Å². The molecule has 3 heteroatoms. The Morgan fingerprint density at radius 3 is 2.87 bits per heavy atom. The molecule has 1 aliphatic rings. The zero-order valence-corrected chi connectivity index (χ0v) is 11.5. The summed E-state index contributed by atoms with van der Waals surface area (Å²) >= 11 is 5.39. The lowest BCUT2D eigenvalue weighted by molar-refractivity contribution is 0.282. The maximum atomic E-state index is 6.24. The van der Waals surface area contributed by atoms with Gasteiger partial charge in [0.2, 0.25) is 0 Å². The SMILES string of the molecule is CCC1CCC(N)C(c2cscc2Br)C1. The van der Waals surface area contributed by atoms with Crippen LogP contribution >= 0.6 is 27.3 Å². The van der Waals surface area contributed by atoms with Crippen molar-refractivity contribution in [2.75, 3.05) is 0 Å². The van der Waals surface area contributed by atoms with Gasteiger partial charge < -0.3 is 5.73 Å². The predicted molar refractivity (Wildman–Crippen MR) is 70.4 cm³/mol. The Morgan fingerprint density at radius 1 is 1.47 bits per heavy atom. The van der Waals surface area contributed by atoms with Gasteiger partial charge in [0.25, 0.3) is 0 Å². The van der Waals surface area contributed by atoms with Gasteiger partial charge in [0.1, 0.15) is 0 Å². The molecule has 1 nitrogen and oxygen atoms in total. The first-order chi connectivity index (χ1) is 7.22. The molecule has 0 amide bonds. The molecule has 1 fully saturated rings. The smallest absolute Gasteiger partial charge is 0.0317 e. The normalized spacial score (nSPS) is 31.8. The van der Waals surface area contributed by atoms with Crippen LogP contribution in [0.15, 0.2) is 15.2 Å². The summed E-state index contributed by atoms with van der Waals surface area (Å²) in [5.41, 5.74) is 7.68. The molecule has 0 aromatic carbocycles. The van der Waals surface area contributed by atoms with E-state index in [-0.39, 0.29) is 0 Å². The second-order valence-corrected chi connectivity index (χ2v) is 6.13. The molecular formula is C12H18BrNS. The van der Waals surface area contributed by atoms with Crippen LogP contribution in [0, 0.1) is 5.92 Å². The lowest BCUT2D eigenvalue weighted by Gasteiger charge is -2.33. The number of hydrogen-bond acceptors (Lipinski definition) is 2. The second-order valence-electron chi connectivity index (χ2n) is 4.53. The zero-order valence-electron chi connectivity index (χ0n) is 9.08. The Kier molecular flexibility index (Phi) is 3.86. The Labute approximate surface area is 104 Å². The molecule has 3 unspecified atom stereocenters. The zero-order chi connectivity index (χ0) is 10.8. The Balaban J connectivity index is 2.16. The number of thiophene rings is 1. The van der Waals surface area contributed by atoms with E-state index in [1.165, 1.54) is 35.7 Å². The lowest BCUT2D eigenvalue weighted by Crippen LogP contribution is -2.34. The van der Waals surface area contributed by atoms with E-state index in [1.807, 2.05) is 0 Å². The quantitative estimate of drug-likeness (QED) is 0.870. The number of nitrogens with two attached hydrogens (primary N) is 1. The summed E-state index contributed by atoms with van der Waals surface area (Å²) < 4.78 is 1.25. The van der Waals surface area contributed by atoms with Crippen LogP contribution in [0.4, 0.5) is 0 Å². The van der Waals surface area contributed by atoms with Crippen molar-refractivity contribution >= 4 is 27.3 Å². The number of rotatable bonds is 2. The summed E-state index contributed by atoms with van der Waals surface area (Å²) in [5.74, 6) is 1.45. The average molecular weight is 288 g/mol. The molecule has 1 saturated carbocycles. The van der Waals surface area contributed by atoms with Gasteiger partial charge in [-0.25, -0.2) is 0 Å². The van der Waals surface area contributed by atoms with E-state index >= 15 is 0 Å². The van der Waals surface area contributed by atoms with E-state index in [0.29, 0.717) is 12.0 Å².